The topological polar surface area (TPSA) is 42.7 Å². The molecule has 1 aromatic rings. The molecule has 60 valence electrons. The first-order valence-corrected chi connectivity index (χ1v) is 4.00. The van der Waals surface area contributed by atoms with E-state index in [1.165, 1.54) is 0 Å². The molecular weight excluding hydrogens is 140 g/mol. The molecule has 0 aromatic carbocycles. The van der Waals surface area contributed by atoms with E-state index in [1.807, 2.05) is 0 Å². The van der Waals surface area contributed by atoms with Crippen molar-refractivity contribution in [3.63, 3.8) is 0 Å². The van der Waals surface area contributed by atoms with Crippen LogP contribution in [0.4, 0.5) is 0 Å². The van der Waals surface area contributed by atoms with Crippen LogP contribution < -0.4 is 5.32 Å². The van der Waals surface area contributed by atoms with Crippen molar-refractivity contribution in [1.82, 2.24) is 20.1 Å². The van der Waals surface area contributed by atoms with Crippen LogP contribution in [0.25, 0.3) is 0 Å². The molecule has 4 heteroatoms. The third kappa shape index (κ3) is 1.03. The van der Waals surface area contributed by atoms with Crippen LogP contribution in [0.15, 0.2) is 6.33 Å². The second-order valence-corrected chi connectivity index (χ2v) is 2.83. The quantitative estimate of drug-likeness (QED) is 0.648. The molecule has 0 saturated carbocycles. The largest absolute Gasteiger partial charge is 0.318 e. The summed E-state index contributed by atoms with van der Waals surface area (Å²) in [5.41, 5.74) is 0. The molecule has 0 spiro atoms. The van der Waals surface area contributed by atoms with E-state index in [2.05, 4.69) is 27.0 Å². The summed E-state index contributed by atoms with van der Waals surface area (Å²) < 4.78 is 2.10. The highest BCUT2D eigenvalue weighted by Crippen LogP contribution is 2.16. The van der Waals surface area contributed by atoms with Gasteiger partial charge in [0.25, 0.3) is 0 Å². The maximum atomic E-state index is 4.08. The Balaban J connectivity index is 2.20. The molecule has 4 nitrogen and oxygen atoms in total. The number of nitrogens with one attached hydrogen (secondary N) is 1. The van der Waals surface area contributed by atoms with Gasteiger partial charge >= 0.3 is 0 Å². The molecule has 1 fully saturated rings. The van der Waals surface area contributed by atoms with Gasteiger partial charge in [0.05, 0.1) is 0 Å². The first-order valence-electron chi connectivity index (χ1n) is 4.00. The molecule has 0 amide bonds. The molecule has 1 aromatic heterocycles. The Morgan fingerprint density at radius 2 is 2.55 bits per heavy atom. The highest BCUT2D eigenvalue weighted by molar-refractivity contribution is 5.03. The van der Waals surface area contributed by atoms with Gasteiger partial charge < -0.3 is 9.88 Å². The fraction of sp³-hybridized carbons (Fsp3) is 0.714. The summed E-state index contributed by atoms with van der Waals surface area (Å²) in [5, 5.41) is 11.2. The van der Waals surface area contributed by atoms with Crippen LogP contribution in [0.2, 0.25) is 0 Å². The molecule has 2 heterocycles. The summed E-state index contributed by atoms with van der Waals surface area (Å²) >= 11 is 0. The minimum Gasteiger partial charge on any atom is -0.318 e. The van der Waals surface area contributed by atoms with Gasteiger partial charge in [0.15, 0.2) is 0 Å². The fourth-order valence-corrected chi connectivity index (χ4v) is 1.29. The molecule has 1 aliphatic rings. The van der Waals surface area contributed by atoms with Gasteiger partial charge in [-0.25, -0.2) is 0 Å². The van der Waals surface area contributed by atoms with Gasteiger partial charge in [-0.2, -0.15) is 0 Å². The van der Waals surface area contributed by atoms with Crippen molar-refractivity contribution in [2.24, 2.45) is 0 Å². The van der Waals surface area contributed by atoms with Crippen molar-refractivity contribution in [2.75, 3.05) is 13.1 Å². The maximum Gasteiger partial charge on any atom is 0.138 e. The summed E-state index contributed by atoms with van der Waals surface area (Å²) in [6.45, 7) is 5.19. The van der Waals surface area contributed by atoms with E-state index in [0.717, 1.165) is 25.5 Å². The lowest BCUT2D eigenvalue weighted by Gasteiger charge is -2.26. The van der Waals surface area contributed by atoms with E-state index >= 15 is 0 Å². The monoisotopic (exact) mass is 152 g/mol. The smallest absolute Gasteiger partial charge is 0.138 e. The maximum absolute atomic E-state index is 4.08. The van der Waals surface area contributed by atoms with Gasteiger partial charge in [-0.1, -0.05) is 0 Å². The molecule has 0 aliphatic carbocycles. The Bertz CT molecular complexity index is 238. The standard InChI is InChI=1S/C7H12N4/c1-2-11-5-9-10-7(11)6-3-8-4-6/h5-6,8H,2-4H2,1H3. The van der Waals surface area contributed by atoms with E-state index in [-0.39, 0.29) is 0 Å². The summed E-state index contributed by atoms with van der Waals surface area (Å²) in [6, 6.07) is 0. The van der Waals surface area contributed by atoms with Gasteiger partial charge in [0, 0.05) is 25.6 Å². The molecule has 0 bridgehead atoms. The minimum absolute atomic E-state index is 0.595. The Kier molecular flexibility index (Phi) is 1.62. The number of aromatic nitrogens is 3. The number of rotatable bonds is 2. The van der Waals surface area contributed by atoms with E-state index in [9.17, 15) is 0 Å². The van der Waals surface area contributed by atoms with Crippen LogP contribution in [0.1, 0.15) is 18.7 Å². The lowest BCUT2D eigenvalue weighted by atomic mass is 10.0. The van der Waals surface area contributed by atoms with Gasteiger partial charge in [-0.05, 0) is 6.92 Å². The van der Waals surface area contributed by atoms with Crippen molar-refractivity contribution in [2.45, 2.75) is 19.4 Å². The lowest BCUT2D eigenvalue weighted by molar-refractivity contribution is 0.415. The Labute approximate surface area is 65.6 Å². The van der Waals surface area contributed by atoms with Crippen LogP contribution in [0.5, 0.6) is 0 Å². The Morgan fingerprint density at radius 3 is 3.09 bits per heavy atom. The molecule has 0 radical (unpaired) electrons. The highest BCUT2D eigenvalue weighted by Gasteiger charge is 2.23. The molecule has 1 aliphatic heterocycles. The van der Waals surface area contributed by atoms with Crippen LogP contribution in [-0.4, -0.2) is 27.9 Å². The average Bonchev–Trinajstić information content (AvgIpc) is 2.32. The molecule has 1 N–H and O–H groups in total. The van der Waals surface area contributed by atoms with Crippen molar-refractivity contribution in [3.05, 3.63) is 12.2 Å². The van der Waals surface area contributed by atoms with Gasteiger partial charge in [-0.15, -0.1) is 10.2 Å². The molecule has 2 rings (SSSR count). The van der Waals surface area contributed by atoms with E-state index in [4.69, 9.17) is 0 Å². The zero-order valence-corrected chi connectivity index (χ0v) is 6.62. The van der Waals surface area contributed by atoms with Gasteiger partial charge in [0.1, 0.15) is 12.2 Å². The summed E-state index contributed by atoms with van der Waals surface area (Å²) in [5.74, 6) is 1.73. The van der Waals surface area contributed by atoms with E-state index in [0.29, 0.717) is 5.92 Å². The number of nitrogens with zero attached hydrogens (tertiary/aromatic N) is 3. The normalized spacial score (nSPS) is 18.3. The van der Waals surface area contributed by atoms with E-state index in [1.54, 1.807) is 6.33 Å². The Morgan fingerprint density at radius 1 is 1.73 bits per heavy atom. The highest BCUT2D eigenvalue weighted by atomic mass is 15.3. The predicted molar refractivity (Wildman–Crippen MR) is 41.3 cm³/mol. The Hall–Kier alpha value is -0.900. The van der Waals surface area contributed by atoms with Crippen molar-refractivity contribution < 1.29 is 0 Å². The third-order valence-electron chi connectivity index (χ3n) is 2.13. The average molecular weight is 152 g/mol. The van der Waals surface area contributed by atoms with Crippen molar-refractivity contribution >= 4 is 0 Å². The van der Waals surface area contributed by atoms with Crippen LogP contribution >= 0.6 is 0 Å². The summed E-state index contributed by atoms with van der Waals surface area (Å²) in [6.07, 6.45) is 1.80. The predicted octanol–water partition coefficient (Wildman–Crippen LogP) is -0.0152. The lowest BCUT2D eigenvalue weighted by Crippen LogP contribution is -2.41. The summed E-state index contributed by atoms with van der Waals surface area (Å²) in [4.78, 5) is 0. The number of hydrogen-bond acceptors (Lipinski definition) is 3. The second kappa shape index (κ2) is 2.62. The molecule has 0 atom stereocenters. The van der Waals surface area contributed by atoms with Gasteiger partial charge in [0.2, 0.25) is 0 Å². The SMILES string of the molecule is CCn1cnnc1C1CNC1. The van der Waals surface area contributed by atoms with Crippen LogP contribution in [0, 0.1) is 0 Å². The number of hydrogen-bond donors (Lipinski definition) is 1. The van der Waals surface area contributed by atoms with Crippen molar-refractivity contribution in [1.29, 1.82) is 0 Å². The summed E-state index contributed by atoms with van der Waals surface area (Å²) in [7, 11) is 0. The van der Waals surface area contributed by atoms with Gasteiger partial charge in [-0.3, -0.25) is 0 Å². The van der Waals surface area contributed by atoms with Crippen LogP contribution in [-0.2, 0) is 6.54 Å². The molecular formula is C7H12N4. The van der Waals surface area contributed by atoms with E-state index < -0.39 is 0 Å². The molecule has 1 saturated heterocycles. The minimum atomic E-state index is 0.595. The third-order valence-corrected chi connectivity index (χ3v) is 2.13. The second-order valence-electron chi connectivity index (χ2n) is 2.83. The molecule has 0 unspecified atom stereocenters. The molecule has 11 heavy (non-hydrogen) atoms. The first-order chi connectivity index (χ1) is 5.42. The number of aryl methyl sites for hydroxylation is 1. The zero-order chi connectivity index (χ0) is 7.68. The van der Waals surface area contributed by atoms with Crippen molar-refractivity contribution in [3.8, 4) is 0 Å². The zero-order valence-electron chi connectivity index (χ0n) is 6.62. The first kappa shape index (κ1) is 6.79. The fourth-order valence-electron chi connectivity index (χ4n) is 1.29. The van der Waals surface area contributed by atoms with Crippen LogP contribution in [0.3, 0.4) is 0 Å².